The summed E-state index contributed by atoms with van der Waals surface area (Å²) in [4.78, 5) is 0. The number of ether oxygens (including phenoxy) is 1. The van der Waals surface area contributed by atoms with Gasteiger partial charge in [-0.3, -0.25) is 0 Å². The number of hydrogen-bond acceptors (Lipinski definition) is 2. The molecule has 1 unspecified atom stereocenters. The summed E-state index contributed by atoms with van der Waals surface area (Å²) >= 11 is 0. The first-order valence-electron chi connectivity index (χ1n) is 5.59. The number of nitrogens with one attached hydrogen (secondary N) is 1. The van der Waals surface area contributed by atoms with E-state index >= 15 is 0 Å². The molecule has 1 aliphatic heterocycles. The average molecular weight is 193 g/mol. The van der Waals surface area contributed by atoms with Gasteiger partial charge < -0.3 is 10.1 Å². The molecule has 1 N–H and O–H groups in total. The van der Waals surface area contributed by atoms with Crippen LogP contribution in [-0.4, -0.2) is 25.8 Å². The van der Waals surface area contributed by atoms with Crippen molar-refractivity contribution in [2.75, 3.05) is 19.8 Å². The highest BCUT2D eigenvalue weighted by Crippen LogP contribution is 2.11. The molecule has 0 amide bonds. The molecule has 0 saturated carbocycles. The van der Waals surface area contributed by atoms with Crippen LogP contribution in [0.15, 0.2) is 23.8 Å². The van der Waals surface area contributed by atoms with Crippen molar-refractivity contribution in [3.8, 4) is 0 Å². The molecule has 0 saturated heterocycles. The van der Waals surface area contributed by atoms with Crippen LogP contribution in [0.25, 0.3) is 0 Å². The second-order valence-electron chi connectivity index (χ2n) is 4.07. The van der Waals surface area contributed by atoms with Gasteiger partial charge in [-0.2, -0.15) is 0 Å². The van der Waals surface area contributed by atoms with Gasteiger partial charge in [0.2, 0.25) is 0 Å². The van der Waals surface area contributed by atoms with Crippen molar-refractivity contribution in [3.63, 3.8) is 0 Å². The summed E-state index contributed by atoms with van der Waals surface area (Å²) in [6, 6.07) is 0.683. The first kappa shape index (κ1) is 9.94. The van der Waals surface area contributed by atoms with Crippen molar-refractivity contribution in [2.45, 2.75) is 31.7 Å². The zero-order valence-corrected chi connectivity index (χ0v) is 8.67. The quantitative estimate of drug-likeness (QED) is 0.692. The predicted molar refractivity (Wildman–Crippen MR) is 58.3 cm³/mol. The van der Waals surface area contributed by atoms with Crippen molar-refractivity contribution in [2.24, 2.45) is 0 Å². The highest BCUT2D eigenvalue weighted by Gasteiger charge is 2.10. The lowest BCUT2D eigenvalue weighted by Crippen LogP contribution is -2.32. The van der Waals surface area contributed by atoms with E-state index in [1.165, 1.54) is 24.8 Å². The molecule has 2 heteroatoms. The van der Waals surface area contributed by atoms with Crippen molar-refractivity contribution in [1.29, 1.82) is 0 Å². The predicted octanol–water partition coefficient (Wildman–Crippen LogP) is 2.03. The Balaban J connectivity index is 1.70. The maximum Gasteiger partial charge on any atom is 0.0689 e. The molecule has 0 aromatic heterocycles. The van der Waals surface area contributed by atoms with Crippen molar-refractivity contribution < 1.29 is 4.74 Å². The van der Waals surface area contributed by atoms with Crippen LogP contribution in [0.3, 0.4) is 0 Å². The van der Waals surface area contributed by atoms with Gasteiger partial charge in [0.25, 0.3) is 0 Å². The van der Waals surface area contributed by atoms with Crippen molar-refractivity contribution in [3.05, 3.63) is 23.8 Å². The highest BCUT2D eigenvalue weighted by molar-refractivity contribution is 5.07. The van der Waals surface area contributed by atoms with E-state index in [0.717, 1.165) is 26.2 Å². The summed E-state index contributed by atoms with van der Waals surface area (Å²) in [5.41, 5.74) is 1.42. The largest absolute Gasteiger partial charge is 0.377 e. The molecule has 14 heavy (non-hydrogen) atoms. The van der Waals surface area contributed by atoms with E-state index in [4.69, 9.17) is 4.74 Å². The molecule has 0 spiro atoms. The van der Waals surface area contributed by atoms with Crippen LogP contribution in [-0.2, 0) is 4.74 Å². The monoisotopic (exact) mass is 193 g/mol. The average Bonchev–Trinajstić information content (AvgIpc) is 2.29. The molecular weight excluding hydrogens is 174 g/mol. The van der Waals surface area contributed by atoms with Gasteiger partial charge in [0, 0.05) is 12.6 Å². The summed E-state index contributed by atoms with van der Waals surface area (Å²) in [7, 11) is 0. The molecule has 0 fully saturated rings. The Morgan fingerprint density at radius 1 is 1.36 bits per heavy atom. The normalized spacial score (nSPS) is 27.4. The third-order valence-electron chi connectivity index (χ3n) is 2.87. The standard InChI is InChI=1S/C12H19NO/c1-2-6-12(7-3-1)13-9-11-5-4-8-14-10-11/h1-2,5,12-13H,3-4,6-10H2. The smallest absolute Gasteiger partial charge is 0.0689 e. The van der Waals surface area contributed by atoms with E-state index in [-0.39, 0.29) is 0 Å². The summed E-state index contributed by atoms with van der Waals surface area (Å²) in [6.07, 6.45) is 11.7. The highest BCUT2D eigenvalue weighted by atomic mass is 16.5. The fraction of sp³-hybridized carbons (Fsp3) is 0.667. The van der Waals surface area contributed by atoms with E-state index in [1.54, 1.807) is 0 Å². The Morgan fingerprint density at radius 3 is 3.07 bits per heavy atom. The van der Waals surface area contributed by atoms with Crippen LogP contribution >= 0.6 is 0 Å². The van der Waals surface area contributed by atoms with E-state index in [2.05, 4.69) is 23.5 Å². The topological polar surface area (TPSA) is 21.3 Å². The fourth-order valence-corrected chi connectivity index (χ4v) is 1.99. The maximum absolute atomic E-state index is 5.40. The minimum Gasteiger partial charge on any atom is -0.377 e. The van der Waals surface area contributed by atoms with Crippen LogP contribution in [0.5, 0.6) is 0 Å². The molecule has 0 aromatic rings. The molecule has 78 valence electrons. The van der Waals surface area contributed by atoms with Crippen LogP contribution < -0.4 is 5.32 Å². The van der Waals surface area contributed by atoms with Crippen molar-refractivity contribution >= 4 is 0 Å². The molecule has 2 rings (SSSR count). The lowest BCUT2D eigenvalue weighted by molar-refractivity contribution is 0.148. The second kappa shape index (κ2) is 5.32. The lowest BCUT2D eigenvalue weighted by Gasteiger charge is -2.21. The zero-order chi connectivity index (χ0) is 9.64. The molecule has 1 aliphatic carbocycles. The van der Waals surface area contributed by atoms with Gasteiger partial charge in [0.1, 0.15) is 0 Å². The first-order valence-corrected chi connectivity index (χ1v) is 5.59. The summed E-state index contributed by atoms with van der Waals surface area (Å²) in [6.45, 7) is 2.74. The van der Waals surface area contributed by atoms with Gasteiger partial charge in [0.05, 0.1) is 13.2 Å². The molecular formula is C12H19NO. The van der Waals surface area contributed by atoms with Gasteiger partial charge in [-0.25, -0.2) is 0 Å². The number of hydrogen-bond donors (Lipinski definition) is 1. The van der Waals surface area contributed by atoms with Crippen molar-refractivity contribution in [1.82, 2.24) is 5.32 Å². The van der Waals surface area contributed by atoms with E-state index in [9.17, 15) is 0 Å². The Morgan fingerprint density at radius 2 is 2.36 bits per heavy atom. The van der Waals surface area contributed by atoms with E-state index in [0.29, 0.717) is 6.04 Å². The molecule has 0 radical (unpaired) electrons. The maximum atomic E-state index is 5.40. The Hall–Kier alpha value is -0.600. The van der Waals surface area contributed by atoms with Gasteiger partial charge >= 0.3 is 0 Å². The third-order valence-corrected chi connectivity index (χ3v) is 2.87. The zero-order valence-electron chi connectivity index (χ0n) is 8.67. The van der Waals surface area contributed by atoms with Gasteiger partial charge in [-0.15, -0.1) is 0 Å². The Labute approximate surface area is 86.0 Å². The van der Waals surface area contributed by atoms with Crippen LogP contribution in [0.4, 0.5) is 0 Å². The van der Waals surface area contributed by atoms with Gasteiger partial charge in [0.15, 0.2) is 0 Å². The molecule has 1 heterocycles. The summed E-state index contributed by atoms with van der Waals surface area (Å²) in [5.74, 6) is 0. The Bertz CT molecular complexity index is 232. The second-order valence-corrected chi connectivity index (χ2v) is 4.07. The van der Waals surface area contributed by atoms with E-state index in [1.807, 2.05) is 0 Å². The minimum atomic E-state index is 0.683. The molecule has 2 aliphatic rings. The van der Waals surface area contributed by atoms with Gasteiger partial charge in [-0.05, 0) is 31.3 Å². The Kier molecular flexibility index (Phi) is 3.78. The summed E-state index contributed by atoms with van der Waals surface area (Å²) in [5, 5.41) is 3.59. The van der Waals surface area contributed by atoms with Crippen LogP contribution in [0, 0.1) is 0 Å². The number of allylic oxidation sites excluding steroid dienone is 1. The lowest BCUT2D eigenvalue weighted by atomic mass is 10.0. The molecule has 0 bridgehead atoms. The van der Waals surface area contributed by atoms with E-state index < -0.39 is 0 Å². The fourth-order valence-electron chi connectivity index (χ4n) is 1.99. The summed E-state index contributed by atoms with van der Waals surface area (Å²) < 4.78 is 5.40. The van der Waals surface area contributed by atoms with Crippen LogP contribution in [0.2, 0.25) is 0 Å². The minimum absolute atomic E-state index is 0.683. The third kappa shape index (κ3) is 2.96. The SMILES string of the molecule is C1=CCC(NCC2=CCCOC2)CC1. The molecule has 2 nitrogen and oxygen atoms in total. The number of rotatable bonds is 3. The van der Waals surface area contributed by atoms with Gasteiger partial charge in [-0.1, -0.05) is 18.2 Å². The molecule has 0 aromatic carbocycles. The first-order chi connectivity index (χ1) is 6.95. The molecule has 1 atom stereocenters. The van der Waals surface area contributed by atoms with Crippen LogP contribution in [0.1, 0.15) is 25.7 Å².